The molecule has 16 heavy (non-hydrogen) atoms. The molecule has 0 radical (unpaired) electrons. The number of hydrogen-bond donors (Lipinski definition) is 1. The maximum absolute atomic E-state index is 5.89. The van der Waals surface area contributed by atoms with E-state index in [1.807, 2.05) is 25.4 Å². The van der Waals surface area contributed by atoms with E-state index in [4.69, 9.17) is 11.6 Å². The Balaban J connectivity index is 1.91. The summed E-state index contributed by atoms with van der Waals surface area (Å²) in [5, 5.41) is 11.3. The molecule has 4 nitrogen and oxygen atoms in total. The molecule has 0 aromatic carbocycles. The second-order valence-electron chi connectivity index (χ2n) is 3.63. The Kier molecular flexibility index (Phi) is 3.58. The van der Waals surface area contributed by atoms with E-state index in [0.29, 0.717) is 6.54 Å². The lowest BCUT2D eigenvalue weighted by Gasteiger charge is -2.09. The van der Waals surface area contributed by atoms with Gasteiger partial charge in [-0.25, -0.2) is 0 Å². The Bertz CT molecular complexity index is 465. The molecule has 2 aromatic heterocycles. The quantitative estimate of drug-likeness (QED) is 0.913. The van der Waals surface area contributed by atoms with Crippen LogP contribution in [0.5, 0.6) is 0 Å². The maximum Gasteiger partial charge on any atom is 0.0964 e. The van der Waals surface area contributed by atoms with Crippen LogP contribution < -0.4 is 5.32 Å². The van der Waals surface area contributed by atoms with Crippen LogP contribution in [0.3, 0.4) is 0 Å². The van der Waals surface area contributed by atoms with Crippen molar-refractivity contribution in [2.24, 2.45) is 7.05 Å². The highest BCUT2D eigenvalue weighted by Gasteiger charge is 2.08. The molecule has 2 aromatic rings. The number of hydrogen-bond acceptors (Lipinski definition) is 4. The molecular formula is C10H13ClN4S. The van der Waals surface area contributed by atoms with Gasteiger partial charge < -0.3 is 5.32 Å². The second-order valence-corrected chi connectivity index (χ2v) is 5.37. The van der Waals surface area contributed by atoms with Crippen molar-refractivity contribution in [3.8, 4) is 0 Å². The maximum atomic E-state index is 5.89. The summed E-state index contributed by atoms with van der Waals surface area (Å²) in [6.07, 6.45) is 1.90. The molecule has 0 fully saturated rings. The van der Waals surface area contributed by atoms with Crippen LogP contribution in [0.4, 0.5) is 0 Å². The molecule has 0 aliphatic rings. The van der Waals surface area contributed by atoms with Gasteiger partial charge in [0.2, 0.25) is 0 Å². The number of nitrogens with one attached hydrogen (secondary N) is 1. The normalized spacial score (nSPS) is 12.9. The highest BCUT2D eigenvalue weighted by Crippen LogP contribution is 2.26. The Hall–Kier alpha value is -0.910. The molecule has 0 saturated heterocycles. The largest absolute Gasteiger partial charge is 0.304 e. The number of thiophene rings is 1. The standard InChI is InChI=1S/C10H13ClN4S/c1-7(9-3-4-10(11)16-9)12-5-8-6-15(2)14-13-8/h3-4,6-7,12H,5H2,1-2H3. The summed E-state index contributed by atoms with van der Waals surface area (Å²) >= 11 is 7.49. The highest BCUT2D eigenvalue weighted by molar-refractivity contribution is 7.16. The molecular weight excluding hydrogens is 244 g/mol. The van der Waals surface area contributed by atoms with Crippen LogP contribution in [0.2, 0.25) is 4.34 Å². The zero-order chi connectivity index (χ0) is 11.5. The fraction of sp³-hybridized carbons (Fsp3) is 0.400. The van der Waals surface area contributed by atoms with Crippen LogP contribution in [0.15, 0.2) is 18.3 Å². The van der Waals surface area contributed by atoms with Gasteiger partial charge in [0.15, 0.2) is 0 Å². The number of aromatic nitrogens is 3. The third kappa shape index (κ3) is 2.81. The smallest absolute Gasteiger partial charge is 0.0964 e. The van der Waals surface area contributed by atoms with Crippen LogP contribution in [-0.4, -0.2) is 15.0 Å². The summed E-state index contributed by atoms with van der Waals surface area (Å²) < 4.78 is 2.52. The number of aryl methyl sites for hydroxylation is 1. The third-order valence-electron chi connectivity index (χ3n) is 2.26. The van der Waals surface area contributed by atoms with Gasteiger partial charge in [-0.1, -0.05) is 16.8 Å². The average molecular weight is 257 g/mol. The first-order valence-electron chi connectivity index (χ1n) is 4.99. The first-order valence-corrected chi connectivity index (χ1v) is 6.18. The van der Waals surface area contributed by atoms with E-state index in [1.54, 1.807) is 16.0 Å². The summed E-state index contributed by atoms with van der Waals surface area (Å²) in [7, 11) is 1.86. The molecule has 0 amide bonds. The summed E-state index contributed by atoms with van der Waals surface area (Å²) in [6.45, 7) is 2.82. The first kappa shape index (κ1) is 11.6. The summed E-state index contributed by atoms with van der Waals surface area (Å²) in [5.41, 5.74) is 0.942. The van der Waals surface area contributed by atoms with Crippen molar-refractivity contribution in [3.05, 3.63) is 33.2 Å². The Morgan fingerprint density at radius 1 is 1.56 bits per heavy atom. The van der Waals surface area contributed by atoms with Gasteiger partial charge in [-0.15, -0.1) is 16.4 Å². The molecule has 0 spiro atoms. The molecule has 1 N–H and O–H groups in total. The Morgan fingerprint density at radius 3 is 2.94 bits per heavy atom. The van der Waals surface area contributed by atoms with Gasteiger partial charge in [-0.3, -0.25) is 4.68 Å². The summed E-state index contributed by atoms with van der Waals surface area (Å²) in [5.74, 6) is 0. The van der Waals surface area contributed by atoms with E-state index < -0.39 is 0 Å². The lowest BCUT2D eigenvalue weighted by molar-refractivity contribution is 0.574. The minimum absolute atomic E-state index is 0.277. The Labute approximate surface area is 103 Å². The van der Waals surface area contributed by atoms with Gasteiger partial charge >= 0.3 is 0 Å². The van der Waals surface area contributed by atoms with Gasteiger partial charge in [0.25, 0.3) is 0 Å². The monoisotopic (exact) mass is 256 g/mol. The SMILES string of the molecule is CC(NCc1cn(C)nn1)c1ccc(Cl)s1. The summed E-state index contributed by atoms with van der Waals surface area (Å²) in [6, 6.07) is 4.24. The van der Waals surface area contributed by atoms with Gasteiger partial charge in [0.05, 0.1) is 10.0 Å². The van der Waals surface area contributed by atoms with Crippen LogP contribution in [0, 0.1) is 0 Å². The third-order valence-corrected chi connectivity index (χ3v) is 3.67. The predicted octanol–water partition coefficient (Wildman–Crippen LogP) is 2.38. The molecule has 2 heterocycles. The van der Waals surface area contributed by atoms with Crippen LogP contribution in [0.1, 0.15) is 23.5 Å². The van der Waals surface area contributed by atoms with Gasteiger partial charge in [0.1, 0.15) is 0 Å². The van der Waals surface area contributed by atoms with E-state index in [0.717, 1.165) is 10.0 Å². The van der Waals surface area contributed by atoms with Crippen molar-refractivity contribution < 1.29 is 0 Å². The van der Waals surface area contributed by atoms with Crippen molar-refractivity contribution >= 4 is 22.9 Å². The van der Waals surface area contributed by atoms with Crippen molar-refractivity contribution in [3.63, 3.8) is 0 Å². The van der Waals surface area contributed by atoms with Crippen LogP contribution >= 0.6 is 22.9 Å². The zero-order valence-electron chi connectivity index (χ0n) is 9.14. The lowest BCUT2D eigenvalue weighted by atomic mass is 10.2. The minimum atomic E-state index is 0.277. The molecule has 6 heteroatoms. The molecule has 0 aliphatic heterocycles. The minimum Gasteiger partial charge on any atom is -0.304 e. The van der Waals surface area contributed by atoms with E-state index in [9.17, 15) is 0 Å². The predicted molar refractivity (Wildman–Crippen MR) is 65.6 cm³/mol. The fourth-order valence-corrected chi connectivity index (χ4v) is 2.48. The zero-order valence-corrected chi connectivity index (χ0v) is 10.7. The van der Waals surface area contributed by atoms with Crippen LogP contribution in [0.25, 0.3) is 0 Å². The van der Waals surface area contributed by atoms with E-state index >= 15 is 0 Å². The van der Waals surface area contributed by atoms with Crippen molar-refractivity contribution in [1.29, 1.82) is 0 Å². The highest BCUT2D eigenvalue weighted by atomic mass is 35.5. The second kappa shape index (κ2) is 4.95. The van der Waals surface area contributed by atoms with Crippen molar-refractivity contribution in [1.82, 2.24) is 20.3 Å². The number of halogens is 1. The first-order chi connectivity index (χ1) is 7.65. The molecule has 1 unspecified atom stereocenters. The average Bonchev–Trinajstić information content (AvgIpc) is 2.84. The van der Waals surface area contributed by atoms with Crippen LogP contribution in [-0.2, 0) is 13.6 Å². The van der Waals surface area contributed by atoms with Gasteiger partial charge in [-0.2, -0.15) is 0 Å². The molecule has 0 bridgehead atoms. The fourth-order valence-electron chi connectivity index (χ4n) is 1.40. The Morgan fingerprint density at radius 2 is 2.38 bits per heavy atom. The van der Waals surface area contributed by atoms with Gasteiger partial charge in [0, 0.05) is 30.7 Å². The molecule has 0 saturated carbocycles. The molecule has 1 atom stereocenters. The van der Waals surface area contributed by atoms with Crippen molar-refractivity contribution in [2.75, 3.05) is 0 Å². The molecule has 0 aliphatic carbocycles. The number of nitrogens with zero attached hydrogens (tertiary/aromatic N) is 3. The number of rotatable bonds is 4. The molecule has 86 valence electrons. The van der Waals surface area contributed by atoms with E-state index in [-0.39, 0.29) is 6.04 Å². The topological polar surface area (TPSA) is 42.7 Å². The lowest BCUT2D eigenvalue weighted by Crippen LogP contribution is -2.17. The van der Waals surface area contributed by atoms with E-state index in [2.05, 4.69) is 22.6 Å². The van der Waals surface area contributed by atoms with Crippen molar-refractivity contribution in [2.45, 2.75) is 19.5 Å². The van der Waals surface area contributed by atoms with E-state index in [1.165, 1.54) is 4.88 Å². The summed E-state index contributed by atoms with van der Waals surface area (Å²) in [4.78, 5) is 1.23. The van der Waals surface area contributed by atoms with Gasteiger partial charge in [-0.05, 0) is 19.1 Å². The molecule has 2 rings (SSSR count).